The van der Waals surface area contributed by atoms with Crippen LogP contribution in [-0.2, 0) is 9.47 Å². The van der Waals surface area contributed by atoms with Crippen LogP contribution in [0.1, 0.15) is 53.1 Å². The molecule has 4 aromatic rings. The lowest BCUT2D eigenvalue weighted by Crippen LogP contribution is -2.49. The van der Waals surface area contributed by atoms with Crippen LogP contribution in [-0.4, -0.2) is 92.4 Å². The number of anilines is 3. The summed E-state index contributed by atoms with van der Waals surface area (Å²) in [5, 5.41) is 14.3. The lowest BCUT2D eigenvalue weighted by molar-refractivity contribution is 0.0115. The zero-order valence-corrected chi connectivity index (χ0v) is 26.8. The molecule has 9 nitrogen and oxygen atoms in total. The molecule has 4 heterocycles. The maximum Gasteiger partial charge on any atom is 0.258 e. The molecule has 3 aliphatic heterocycles. The third-order valence-corrected chi connectivity index (χ3v) is 9.93. The van der Waals surface area contributed by atoms with Crippen LogP contribution >= 0.6 is 0 Å². The molecule has 0 bridgehead atoms. The van der Waals surface area contributed by atoms with E-state index in [0.717, 1.165) is 94.6 Å². The molecule has 0 saturated carbocycles. The molecule has 1 unspecified atom stereocenters. The van der Waals surface area contributed by atoms with E-state index in [9.17, 15) is 18.0 Å². The summed E-state index contributed by atoms with van der Waals surface area (Å²) < 4.78 is 54.0. The highest BCUT2D eigenvalue weighted by molar-refractivity contribution is 6.11. The van der Waals surface area contributed by atoms with Gasteiger partial charge in [-0.05, 0) is 79.8 Å². The van der Waals surface area contributed by atoms with Gasteiger partial charge in [0.25, 0.3) is 5.91 Å². The van der Waals surface area contributed by atoms with Gasteiger partial charge in [0.1, 0.15) is 18.3 Å². The summed E-state index contributed by atoms with van der Waals surface area (Å²) in [5.74, 6) is -2.44. The van der Waals surface area contributed by atoms with Crippen molar-refractivity contribution >= 4 is 34.0 Å². The Morgan fingerprint density at radius 3 is 2.46 bits per heavy atom. The van der Waals surface area contributed by atoms with E-state index in [-0.39, 0.29) is 23.3 Å². The van der Waals surface area contributed by atoms with E-state index in [1.54, 1.807) is 18.2 Å². The monoisotopic (exact) mass is 662 g/mol. The van der Waals surface area contributed by atoms with Crippen molar-refractivity contribution in [3.63, 3.8) is 0 Å². The molecule has 3 aromatic carbocycles. The van der Waals surface area contributed by atoms with Gasteiger partial charge >= 0.3 is 0 Å². The Labute approximate surface area is 277 Å². The van der Waals surface area contributed by atoms with Crippen molar-refractivity contribution in [2.45, 2.75) is 43.7 Å². The molecule has 254 valence electrons. The van der Waals surface area contributed by atoms with Gasteiger partial charge in [-0.25, -0.2) is 8.78 Å². The van der Waals surface area contributed by atoms with Crippen molar-refractivity contribution in [3.05, 3.63) is 82.9 Å². The Morgan fingerprint density at radius 2 is 1.69 bits per heavy atom. The number of ether oxygens (including phenoxy) is 2. The molecular weight excluding hydrogens is 621 g/mol. The second kappa shape index (κ2) is 14.6. The van der Waals surface area contributed by atoms with E-state index < -0.39 is 24.2 Å². The van der Waals surface area contributed by atoms with E-state index in [2.05, 4.69) is 36.7 Å². The number of piperidine rings is 1. The minimum absolute atomic E-state index is 0.0693. The van der Waals surface area contributed by atoms with Crippen LogP contribution in [0.3, 0.4) is 0 Å². The molecule has 3 N–H and O–H groups in total. The van der Waals surface area contributed by atoms with Crippen LogP contribution in [0.5, 0.6) is 0 Å². The second-order valence-corrected chi connectivity index (χ2v) is 12.8. The molecule has 1 atom stereocenters. The number of amides is 1. The fourth-order valence-corrected chi connectivity index (χ4v) is 7.19. The topological polar surface area (TPSA) is 94.8 Å². The first kappa shape index (κ1) is 32.4. The minimum Gasteiger partial charge on any atom is -0.381 e. The first-order chi connectivity index (χ1) is 23.5. The number of alkyl halides is 1. The number of H-pyrrole nitrogens is 1. The maximum absolute atomic E-state index is 14.6. The highest BCUT2D eigenvalue weighted by Gasteiger charge is 2.27. The standard InChI is InChI=1S/C36H41F3N6O3/c37-22-31(29-20-24(38)2-5-32(29)39)23-1-6-33-30(19-23)35(43-42-33)41-36(46)28-4-3-27(21-34(28)40-25-9-15-47-16-10-25)44-11-7-26(8-12-44)45-13-17-48-18-14-45/h1-6,19-21,25-26,31,40H,7-18,22H2,(H2,41,42,43,46). The first-order valence-electron chi connectivity index (χ1n) is 16.8. The van der Waals surface area contributed by atoms with Crippen LogP contribution in [0.15, 0.2) is 54.6 Å². The number of aromatic nitrogens is 2. The van der Waals surface area contributed by atoms with Crippen LogP contribution in [0.25, 0.3) is 10.9 Å². The van der Waals surface area contributed by atoms with E-state index >= 15 is 0 Å². The number of carbonyl (C=O) groups excluding carboxylic acids is 1. The zero-order valence-electron chi connectivity index (χ0n) is 26.8. The molecule has 3 fully saturated rings. The molecule has 1 amide bonds. The molecule has 7 rings (SSSR count). The first-order valence-corrected chi connectivity index (χ1v) is 16.8. The largest absolute Gasteiger partial charge is 0.381 e. The Bertz CT molecular complexity index is 1730. The van der Waals surface area contributed by atoms with Crippen LogP contribution in [0, 0.1) is 11.6 Å². The number of hydrogen-bond donors (Lipinski definition) is 3. The van der Waals surface area contributed by atoms with Gasteiger partial charge in [-0.3, -0.25) is 19.2 Å². The predicted octanol–water partition coefficient (Wildman–Crippen LogP) is 6.09. The normalized spacial score (nSPS) is 19.0. The highest BCUT2D eigenvalue weighted by Crippen LogP contribution is 2.33. The van der Waals surface area contributed by atoms with Crippen molar-refractivity contribution in [1.29, 1.82) is 0 Å². The van der Waals surface area contributed by atoms with Gasteiger partial charge in [0.2, 0.25) is 0 Å². The zero-order chi connectivity index (χ0) is 33.0. The number of nitrogens with zero attached hydrogens (tertiary/aromatic N) is 3. The number of rotatable bonds is 9. The molecule has 0 aliphatic carbocycles. The Hall–Kier alpha value is -4.13. The van der Waals surface area contributed by atoms with E-state index in [0.29, 0.717) is 41.3 Å². The molecule has 3 aliphatic rings. The van der Waals surface area contributed by atoms with Crippen molar-refractivity contribution in [2.75, 3.05) is 74.8 Å². The van der Waals surface area contributed by atoms with E-state index in [4.69, 9.17) is 9.47 Å². The minimum atomic E-state index is -1.02. The Balaban J connectivity index is 1.12. The average Bonchev–Trinajstić information content (AvgIpc) is 3.52. The lowest BCUT2D eigenvalue weighted by atomic mass is 9.91. The molecular formula is C36H41F3N6O3. The third-order valence-electron chi connectivity index (χ3n) is 9.93. The highest BCUT2D eigenvalue weighted by atomic mass is 19.1. The Kier molecular flexibility index (Phi) is 9.83. The smallest absolute Gasteiger partial charge is 0.258 e. The number of carbonyl (C=O) groups is 1. The molecule has 0 radical (unpaired) electrons. The summed E-state index contributed by atoms with van der Waals surface area (Å²) in [5.41, 5.74) is 3.27. The van der Waals surface area contributed by atoms with Crippen molar-refractivity contribution in [1.82, 2.24) is 15.1 Å². The molecule has 3 saturated heterocycles. The maximum atomic E-state index is 14.6. The van der Waals surface area contributed by atoms with Gasteiger partial charge in [0.15, 0.2) is 5.82 Å². The summed E-state index contributed by atoms with van der Waals surface area (Å²) in [6.45, 7) is 5.84. The number of halogens is 3. The van der Waals surface area contributed by atoms with Gasteiger partial charge in [-0.1, -0.05) is 6.07 Å². The van der Waals surface area contributed by atoms with Gasteiger partial charge in [-0.2, -0.15) is 5.10 Å². The van der Waals surface area contributed by atoms with Crippen molar-refractivity contribution in [2.24, 2.45) is 0 Å². The van der Waals surface area contributed by atoms with Crippen LogP contribution in [0.2, 0.25) is 0 Å². The fourth-order valence-electron chi connectivity index (χ4n) is 7.19. The van der Waals surface area contributed by atoms with Gasteiger partial charge < -0.3 is 25.0 Å². The van der Waals surface area contributed by atoms with Gasteiger partial charge in [-0.15, -0.1) is 0 Å². The van der Waals surface area contributed by atoms with E-state index in [1.807, 2.05) is 12.1 Å². The number of benzene rings is 3. The van der Waals surface area contributed by atoms with Crippen molar-refractivity contribution in [3.8, 4) is 0 Å². The molecule has 0 spiro atoms. The predicted molar refractivity (Wildman–Crippen MR) is 180 cm³/mol. The number of hydrogen-bond acceptors (Lipinski definition) is 7. The molecule has 48 heavy (non-hydrogen) atoms. The van der Waals surface area contributed by atoms with Gasteiger partial charge in [0, 0.05) is 79.7 Å². The fraction of sp³-hybridized carbons (Fsp3) is 0.444. The summed E-state index contributed by atoms with van der Waals surface area (Å²) >= 11 is 0. The SMILES string of the molecule is O=C(Nc1n[nH]c2ccc(C(CF)c3cc(F)ccc3F)cc12)c1ccc(N2CCC(N3CCOCC3)CC2)cc1NC1CCOCC1. The average molecular weight is 663 g/mol. The third kappa shape index (κ3) is 7.01. The second-order valence-electron chi connectivity index (χ2n) is 12.8. The van der Waals surface area contributed by atoms with Crippen molar-refractivity contribution < 1.29 is 27.4 Å². The molecule has 1 aromatic heterocycles. The molecule has 12 heteroatoms. The number of nitrogens with one attached hydrogen (secondary N) is 3. The summed E-state index contributed by atoms with van der Waals surface area (Å²) in [6, 6.07) is 14.7. The summed E-state index contributed by atoms with van der Waals surface area (Å²) in [4.78, 5) is 18.8. The van der Waals surface area contributed by atoms with E-state index in [1.165, 1.54) is 0 Å². The van der Waals surface area contributed by atoms with Gasteiger partial charge in [0.05, 0.1) is 24.3 Å². The van der Waals surface area contributed by atoms with Crippen LogP contribution in [0.4, 0.5) is 30.4 Å². The quantitative estimate of drug-likeness (QED) is 0.200. The number of fused-ring (bicyclic) bond motifs is 1. The van der Waals surface area contributed by atoms with Crippen LogP contribution < -0.4 is 15.5 Å². The summed E-state index contributed by atoms with van der Waals surface area (Å²) in [6.07, 6.45) is 3.83. The summed E-state index contributed by atoms with van der Waals surface area (Å²) in [7, 11) is 0. The number of aromatic amines is 1. The number of morpholine rings is 1. The Morgan fingerprint density at radius 1 is 0.917 bits per heavy atom. The lowest BCUT2D eigenvalue weighted by Gasteiger charge is -2.41.